The normalized spacial score (nSPS) is 25.5. The van der Waals surface area contributed by atoms with Gasteiger partial charge in [0.1, 0.15) is 48.0 Å². The molecule has 12 rings (SSSR count). The first kappa shape index (κ1) is 69.7. The first-order valence-electron chi connectivity index (χ1n) is 31.9. The minimum atomic E-state index is -4.27. The second-order valence-corrected chi connectivity index (χ2v) is 29.4. The number of hydrogen-bond donors (Lipinski definition) is 9. The number of fused-ring (bicyclic) bond motifs is 2. The summed E-state index contributed by atoms with van der Waals surface area (Å²) in [7, 11) is -1.15. The molecule has 2 amide bonds. The number of aliphatic hydroxyl groups excluding tert-OH is 3. The van der Waals surface area contributed by atoms with E-state index in [-0.39, 0.29) is 92.0 Å². The van der Waals surface area contributed by atoms with Gasteiger partial charge in [-0.25, -0.2) is 24.4 Å². The fourth-order valence-corrected chi connectivity index (χ4v) is 17.4. The number of carboxylic acid groups (broad SMARTS) is 2. The molecule has 96 heavy (non-hydrogen) atoms. The van der Waals surface area contributed by atoms with Gasteiger partial charge >= 0.3 is 18.0 Å². The number of aromatic nitrogens is 4. The predicted molar refractivity (Wildman–Crippen MR) is 350 cm³/mol. The molecule has 8 atom stereocenters. The Morgan fingerprint density at radius 1 is 0.875 bits per heavy atom. The van der Waals surface area contributed by atoms with Crippen molar-refractivity contribution in [1.82, 2.24) is 30.0 Å². The third-order valence-corrected chi connectivity index (χ3v) is 20.7. The number of nitrogens with one attached hydrogen (secondary N) is 2. The summed E-state index contributed by atoms with van der Waals surface area (Å²) in [4.78, 5) is 66.0. The number of aliphatic carboxylic acids is 1. The van der Waals surface area contributed by atoms with E-state index in [1.807, 2.05) is 46.8 Å². The number of rotatable bonds is 29. The van der Waals surface area contributed by atoms with Gasteiger partial charge in [0.15, 0.2) is 16.9 Å². The molecular formula is C66H83N9O19S2. The van der Waals surface area contributed by atoms with Crippen molar-refractivity contribution in [2.75, 3.05) is 82.7 Å². The maximum Gasteiger partial charge on any atom is 0.410 e. The van der Waals surface area contributed by atoms with Crippen LogP contribution in [0, 0.1) is 23.2 Å². The van der Waals surface area contributed by atoms with Crippen LogP contribution in [0.25, 0.3) is 21.3 Å². The molecular weight excluding hydrogens is 1290 g/mol. The van der Waals surface area contributed by atoms with Gasteiger partial charge in [-0.05, 0) is 135 Å². The van der Waals surface area contributed by atoms with Crippen molar-refractivity contribution >= 4 is 66.6 Å². The molecule has 2 unspecified atom stereocenters. The number of pyridine rings is 1. The summed E-state index contributed by atoms with van der Waals surface area (Å²) >= 11 is 1.39. The largest absolute Gasteiger partial charge is 0.496 e. The van der Waals surface area contributed by atoms with Crippen LogP contribution < -0.4 is 35.5 Å². The van der Waals surface area contributed by atoms with Crippen molar-refractivity contribution in [1.29, 1.82) is 0 Å². The van der Waals surface area contributed by atoms with Gasteiger partial charge in [-0.1, -0.05) is 37.3 Å². The average molecular weight is 1370 g/mol. The number of methoxy groups -OCH3 is 2. The van der Waals surface area contributed by atoms with E-state index in [9.17, 15) is 53.1 Å². The summed E-state index contributed by atoms with van der Waals surface area (Å²) in [6, 6.07) is 18.3. The monoisotopic (exact) mass is 1370 g/mol. The summed E-state index contributed by atoms with van der Waals surface area (Å²) in [6.45, 7) is 8.84. The number of amides is 2. The van der Waals surface area contributed by atoms with Gasteiger partial charge in [0, 0.05) is 92.0 Å². The molecule has 30 heteroatoms. The van der Waals surface area contributed by atoms with Crippen LogP contribution in [0.3, 0.4) is 0 Å². The molecule has 3 aromatic heterocycles. The van der Waals surface area contributed by atoms with Gasteiger partial charge in [0.2, 0.25) is 6.29 Å². The minimum absolute atomic E-state index is 0.00296. The highest BCUT2D eigenvalue weighted by atomic mass is 32.2. The highest BCUT2D eigenvalue weighted by molar-refractivity contribution is 7.85. The standard InChI is InChI=1S/C66H83N9O19S2/c1-38-45(43-14-16-51(71-52(43)58(80)81)74-19-17-42-46(28-74)44(13-15-48(42)89-5)57(79)72-61-70-47-9-6-7-10-50(47)95-61)27-69-75(38)37-65-32-63(2)31-64(3,33-65)35-66(34-63,36-65)92-24-21-73(20-23-88-4)62(84)91-29-39-11-12-41(93-60-55(78)53(76)54(77)56(94-60)59(82)83)25-49(39)90-22-8-18-68-26-40(67)30-96(85,86)87/h6-7,9-16,25,27,40,53-56,60,68,76-78H,8,17-24,26,28-37,67H2,1-5H3,(H,80,81)(H,82,83)(H,70,72,79)(H,85,86,87)/t40-,53+,54+,55-,56+,60-,63?,64?,65?,66?/m1/s1. The van der Waals surface area contributed by atoms with Crippen LogP contribution in [-0.4, -0.2) is 202 Å². The number of carboxylic acids is 2. The molecule has 4 bridgehead atoms. The van der Waals surface area contributed by atoms with E-state index in [2.05, 4.69) is 29.5 Å². The molecule has 28 nitrogen and oxygen atoms in total. The van der Waals surface area contributed by atoms with Gasteiger partial charge in [0.25, 0.3) is 16.0 Å². The number of ether oxygens (including phenoxy) is 7. The SMILES string of the molecule is COCCN(CCOC12CC3(C)CC(C)(CC(Cn4ncc(-c5ccc(N6CCc7c(OC)ccc(C(=O)Nc8nc9ccccc9s8)c7C6)nc5C(=O)O)c4C)(C3)C1)C2)C(=O)OCc1ccc(O[C@@H]2O[C@H](C(=O)O)[C@@H](O)[C@H](O)[C@H]2O)cc1OCCCNC[C@@H](N)CS(=O)(=O)O. The lowest BCUT2D eigenvalue weighted by Gasteiger charge is -2.69. The smallest absolute Gasteiger partial charge is 0.410 e. The molecule has 4 aliphatic carbocycles. The average Bonchev–Trinajstić information content (AvgIpc) is 0.731. The summed E-state index contributed by atoms with van der Waals surface area (Å²) in [6.07, 6.45) is -2.12. The molecule has 6 aliphatic rings. The fourth-order valence-electron chi connectivity index (χ4n) is 15.9. The van der Waals surface area contributed by atoms with E-state index in [0.29, 0.717) is 71.4 Å². The zero-order valence-electron chi connectivity index (χ0n) is 54.1. The number of carbonyl (C=O) groups excluding carboxylic acids is 2. The van der Waals surface area contributed by atoms with Crippen molar-refractivity contribution in [2.24, 2.45) is 22.0 Å². The van der Waals surface area contributed by atoms with Crippen molar-refractivity contribution in [3.8, 4) is 28.4 Å². The fraction of sp³-hybridized carbons (Fsp3) is 0.530. The Bertz CT molecular complexity index is 3930. The summed E-state index contributed by atoms with van der Waals surface area (Å²) in [5.41, 5.74) is 9.95. The molecule has 2 aliphatic heterocycles. The molecule has 10 N–H and O–H groups in total. The molecule has 0 spiro atoms. The van der Waals surface area contributed by atoms with E-state index in [0.717, 1.165) is 65.6 Å². The van der Waals surface area contributed by atoms with Gasteiger partial charge < -0.3 is 79.5 Å². The zero-order chi connectivity index (χ0) is 68.5. The van der Waals surface area contributed by atoms with E-state index >= 15 is 0 Å². The lowest BCUT2D eigenvalue weighted by atomic mass is 9.39. The van der Waals surface area contributed by atoms with Gasteiger partial charge in [-0.3, -0.25) is 19.3 Å². The molecule has 5 heterocycles. The van der Waals surface area contributed by atoms with Crippen molar-refractivity contribution in [3.05, 3.63) is 107 Å². The minimum Gasteiger partial charge on any atom is -0.496 e. The Balaban J connectivity index is 0.752. The quantitative estimate of drug-likeness (QED) is 0.0202. The highest BCUT2D eigenvalue weighted by Crippen LogP contribution is 2.72. The topological polar surface area (TPSA) is 389 Å². The van der Waals surface area contributed by atoms with E-state index in [1.165, 1.54) is 41.5 Å². The van der Waals surface area contributed by atoms with Crippen molar-refractivity contribution in [2.45, 2.75) is 134 Å². The molecule has 6 aromatic rings. The van der Waals surface area contributed by atoms with Crippen molar-refractivity contribution < 1.29 is 90.8 Å². The second kappa shape index (κ2) is 28.5. The number of benzene rings is 3. The number of anilines is 2. The van der Waals surface area contributed by atoms with Gasteiger partial charge in [-0.2, -0.15) is 13.5 Å². The van der Waals surface area contributed by atoms with Gasteiger partial charge in [-0.15, -0.1) is 0 Å². The Kier molecular flexibility index (Phi) is 20.7. The van der Waals surface area contributed by atoms with Crippen LogP contribution in [0.1, 0.15) is 102 Å². The molecule has 3 aromatic carbocycles. The van der Waals surface area contributed by atoms with Crippen LogP contribution in [0.2, 0.25) is 0 Å². The number of carbonyl (C=O) groups is 4. The number of aromatic carboxylic acids is 1. The molecule has 1 saturated heterocycles. The van der Waals surface area contributed by atoms with E-state index < -0.39 is 76.3 Å². The Labute approximate surface area is 558 Å². The van der Waals surface area contributed by atoms with Crippen LogP contribution in [0.15, 0.2) is 72.9 Å². The second-order valence-electron chi connectivity index (χ2n) is 26.8. The third-order valence-electron chi connectivity index (χ3n) is 18.9. The highest BCUT2D eigenvalue weighted by Gasteiger charge is 2.66. The summed E-state index contributed by atoms with van der Waals surface area (Å²) < 4.78 is 76.0. The number of aliphatic hydroxyl groups is 3. The van der Waals surface area contributed by atoms with Gasteiger partial charge in [0.05, 0.1) is 54.7 Å². The van der Waals surface area contributed by atoms with E-state index in [4.69, 9.17) is 53.5 Å². The number of para-hydroxylation sites is 1. The van der Waals surface area contributed by atoms with E-state index in [1.54, 1.807) is 31.5 Å². The summed E-state index contributed by atoms with van der Waals surface area (Å²) in [5, 5.41) is 63.1. The lowest BCUT2D eigenvalue weighted by Crippen LogP contribution is -2.64. The first-order valence-corrected chi connectivity index (χ1v) is 34.3. The number of nitrogens with two attached hydrogens (primary N) is 1. The zero-order valence-corrected chi connectivity index (χ0v) is 55.7. The molecule has 5 fully saturated rings. The van der Waals surface area contributed by atoms with Crippen LogP contribution in [-0.2, 0) is 60.0 Å². The van der Waals surface area contributed by atoms with Crippen molar-refractivity contribution in [3.63, 3.8) is 0 Å². The Morgan fingerprint density at radius 3 is 2.35 bits per heavy atom. The van der Waals surface area contributed by atoms with Crippen LogP contribution >= 0.6 is 11.3 Å². The molecule has 0 radical (unpaired) electrons. The number of hydrogen-bond acceptors (Lipinski definition) is 23. The maximum absolute atomic E-state index is 14.1. The number of nitrogens with zero attached hydrogens (tertiary/aromatic N) is 6. The molecule has 518 valence electrons. The number of thiazole rings is 1. The van der Waals surface area contributed by atoms with Crippen LogP contribution in [0.5, 0.6) is 17.2 Å². The Hall–Kier alpha value is -7.62. The maximum atomic E-state index is 14.1. The predicted octanol–water partition coefficient (Wildman–Crippen LogP) is 5.65. The summed E-state index contributed by atoms with van der Waals surface area (Å²) in [5.74, 6) is -2.46. The molecule has 4 saturated carbocycles. The first-order chi connectivity index (χ1) is 45.7. The third kappa shape index (κ3) is 15.5. The lowest BCUT2D eigenvalue weighted by molar-refractivity contribution is -0.271. The Morgan fingerprint density at radius 2 is 1.64 bits per heavy atom. The van der Waals surface area contributed by atoms with Crippen LogP contribution in [0.4, 0.5) is 15.7 Å².